The average Bonchev–Trinajstić information content (AvgIpc) is 2.16. The van der Waals surface area contributed by atoms with Crippen LogP contribution < -0.4 is 5.43 Å². The number of nitrogens with one attached hydrogen (secondary N) is 1. The largest absolute Gasteiger partial charge is 0.275 e. The van der Waals surface area contributed by atoms with Gasteiger partial charge in [0.25, 0.3) is 11.8 Å². The Balaban J connectivity index is 0.00000144. The summed E-state index contributed by atoms with van der Waals surface area (Å²) in [7, 11) is 0. The normalized spacial score (nSPS) is 15.2. The van der Waals surface area contributed by atoms with E-state index in [1.54, 1.807) is 0 Å². The maximum Gasteiger partial charge on any atom is 0.275 e. The van der Waals surface area contributed by atoms with Crippen molar-refractivity contribution in [1.82, 2.24) is 10.4 Å². The van der Waals surface area contributed by atoms with Crippen LogP contribution in [0.3, 0.4) is 0 Å². The van der Waals surface area contributed by atoms with E-state index in [1.165, 1.54) is 19.9 Å². The van der Waals surface area contributed by atoms with Gasteiger partial charge in [0, 0.05) is 18.6 Å². The molecule has 13 heavy (non-hydrogen) atoms. The van der Waals surface area contributed by atoms with Crippen molar-refractivity contribution in [2.75, 3.05) is 0 Å². The SMILES string of the molecule is CC(=O)NN1C(=O)C=C(C)C1=O.Cl. The van der Waals surface area contributed by atoms with Crippen LogP contribution in [0.4, 0.5) is 0 Å². The Morgan fingerprint density at radius 3 is 2.31 bits per heavy atom. The predicted octanol–water partition coefficient (Wildman–Crippen LogP) is -0.226. The van der Waals surface area contributed by atoms with Gasteiger partial charge in [0.1, 0.15) is 0 Å². The molecule has 3 amide bonds. The number of hydrogen-bond acceptors (Lipinski definition) is 3. The molecule has 1 N–H and O–H groups in total. The van der Waals surface area contributed by atoms with Crippen LogP contribution in [0.1, 0.15) is 13.8 Å². The molecule has 0 aromatic carbocycles. The molecule has 1 aliphatic rings. The molecular weight excluding hydrogens is 196 g/mol. The number of imide groups is 1. The summed E-state index contributed by atoms with van der Waals surface area (Å²) in [5.74, 6) is -1.43. The van der Waals surface area contributed by atoms with E-state index in [0.717, 1.165) is 0 Å². The predicted molar refractivity (Wildman–Crippen MR) is 46.7 cm³/mol. The molecule has 5 nitrogen and oxygen atoms in total. The van der Waals surface area contributed by atoms with Gasteiger partial charge in [-0.15, -0.1) is 12.4 Å². The summed E-state index contributed by atoms with van der Waals surface area (Å²) in [5.41, 5.74) is 2.44. The molecule has 0 saturated carbocycles. The summed E-state index contributed by atoms with van der Waals surface area (Å²) >= 11 is 0. The molecule has 1 aliphatic heterocycles. The minimum atomic E-state index is -0.507. The van der Waals surface area contributed by atoms with E-state index in [0.29, 0.717) is 10.6 Å². The Hall–Kier alpha value is -1.36. The quantitative estimate of drug-likeness (QED) is 0.601. The second-order valence-corrected chi connectivity index (χ2v) is 2.47. The Bertz CT molecular complexity index is 298. The van der Waals surface area contributed by atoms with Crippen LogP contribution in [0.5, 0.6) is 0 Å². The highest BCUT2D eigenvalue weighted by Crippen LogP contribution is 2.08. The molecule has 1 rings (SSSR count). The molecule has 6 heteroatoms. The summed E-state index contributed by atoms with van der Waals surface area (Å²) in [6.45, 7) is 2.75. The van der Waals surface area contributed by atoms with Crippen molar-refractivity contribution in [3.05, 3.63) is 11.6 Å². The van der Waals surface area contributed by atoms with Gasteiger partial charge in [0.2, 0.25) is 5.91 Å². The van der Waals surface area contributed by atoms with E-state index >= 15 is 0 Å². The van der Waals surface area contributed by atoms with Crippen LogP contribution in [-0.4, -0.2) is 22.7 Å². The lowest BCUT2D eigenvalue weighted by molar-refractivity contribution is -0.146. The molecule has 0 spiro atoms. The smallest absolute Gasteiger partial charge is 0.274 e. The van der Waals surface area contributed by atoms with Gasteiger partial charge in [-0.2, -0.15) is 5.01 Å². The third-order valence-corrected chi connectivity index (χ3v) is 1.37. The van der Waals surface area contributed by atoms with Gasteiger partial charge < -0.3 is 0 Å². The molecule has 0 fully saturated rings. The zero-order chi connectivity index (χ0) is 9.30. The minimum Gasteiger partial charge on any atom is -0.274 e. The highest BCUT2D eigenvalue weighted by molar-refractivity contribution is 6.16. The molecule has 0 bridgehead atoms. The van der Waals surface area contributed by atoms with Crippen LogP contribution in [0.25, 0.3) is 0 Å². The van der Waals surface area contributed by atoms with Crippen LogP contribution in [0.2, 0.25) is 0 Å². The first-order chi connectivity index (χ1) is 5.52. The fraction of sp³-hybridized carbons (Fsp3) is 0.286. The second-order valence-electron chi connectivity index (χ2n) is 2.47. The summed E-state index contributed by atoms with van der Waals surface area (Å²) in [6, 6.07) is 0. The number of halogens is 1. The van der Waals surface area contributed by atoms with Crippen molar-refractivity contribution in [1.29, 1.82) is 0 Å². The van der Waals surface area contributed by atoms with Crippen molar-refractivity contribution in [3.63, 3.8) is 0 Å². The van der Waals surface area contributed by atoms with Crippen LogP contribution in [-0.2, 0) is 14.4 Å². The van der Waals surface area contributed by atoms with Crippen molar-refractivity contribution < 1.29 is 14.4 Å². The van der Waals surface area contributed by atoms with E-state index in [4.69, 9.17) is 0 Å². The van der Waals surface area contributed by atoms with Gasteiger partial charge in [-0.1, -0.05) is 0 Å². The average molecular weight is 205 g/mol. The van der Waals surface area contributed by atoms with Crippen molar-refractivity contribution in [3.8, 4) is 0 Å². The zero-order valence-electron chi connectivity index (χ0n) is 7.16. The monoisotopic (exact) mass is 204 g/mol. The highest BCUT2D eigenvalue weighted by atomic mass is 35.5. The Morgan fingerprint density at radius 1 is 1.46 bits per heavy atom. The van der Waals surface area contributed by atoms with E-state index in [1.807, 2.05) is 0 Å². The second kappa shape index (κ2) is 4.04. The third kappa shape index (κ3) is 2.29. The van der Waals surface area contributed by atoms with Crippen molar-refractivity contribution >= 4 is 30.1 Å². The van der Waals surface area contributed by atoms with Crippen LogP contribution in [0, 0.1) is 0 Å². The van der Waals surface area contributed by atoms with E-state index < -0.39 is 17.7 Å². The van der Waals surface area contributed by atoms with E-state index in [2.05, 4.69) is 5.43 Å². The first-order valence-corrected chi connectivity index (χ1v) is 3.36. The third-order valence-electron chi connectivity index (χ3n) is 1.37. The van der Waals surface area contributed by atoms with Gasteiger partial charge in [-0.05, 0) is 6.92 Å². The summed E-state index contributed by atoms with van der Waals surface area (Å²) < 4.78 is 0. The van der Waals surface area contributed by atoms with E-state index in [9.17, 15) is 14.4 Å². The summed E-state index contributed by atoms with van der Waals surface area (Å²) in [4.78, 5) is 32.5. The van der Waals surface area contributed by atoms with Gasteiger partial charge in [0.05, 0.1) is 0 Å². The number of carbonyl (C=O) groups excluding carboxylic acids is 3. The van der Waals surface area contributed by atoms with Crippen LogP contribution >= 0.6 is 12.4 Å². The van der Waals surface area contributed by atoms with E-state index in [-0.39, 0.29) is 12.4 Å². The topological polar surface area (TPSA) is 66.5 Å². The van der Waals surface area contributed by atoms with Gasteiger partial charge in [-0.25, -0.2) is 0 Å². The first kappa shape index (κ1) is 11.6. The molecular formula is C7H9ClN2O3. The molecule has 72 valence electrons. The number of hydrogen-bond donors (Lipinski definition) is 1. The number of nitrogens with zero attached hydrogens (tertiary/aromatic N) is 1. The number of amides is 3. The molecule has 0 saturated heterocycles. The molecule has 1 heterocycles. The maximum absolute atomic E-state index is 11.1. The molecule has 0 aliphatic carbocycles. The summed E-state index contributed by atoms with van der Waals surface area (Å²) in [5, 5.41) is 0.692. The van der Waals surface area contributed by atoms with Crippen LogP contribution in [0.15, 0.2) is 11.6 Å². The van der Waals surface area contributed by atoms with Gasteiger partial charge >= 0.3 is 0 Å². The lowest BCUT2D eigenvalue weighted by Gasteiger charge is -2.13. The number of hydrazine groups is 1. The van der Waals surface area contributed by atoms with Crippen molar-refractivity contribution in [2.24, 2.45) is 0 Å². The van der Waals surface area contributed by atoms with Gasteiger partial charge in [-0.3, -0.25) is 19.8 Å². The molecule has 0 radical (unpaired) electrons. The Kier molecular flexibility index (Phi) is 3.62. The number of carbonyl (C=O) groups is 3. The Labute approximate surface area is 81.2 Å². The Morgan fingerprint density at radius 2 is 2.00 bits per heavy atom. The molecule has 0 atom stereocenters. The first-order valence-electron chi connectivity index (χ1n) is 3.36. The maximum atomic E-state index is 11.1. The fourth-order valence-corrected chi connectivity index (χ4v) is 0.851. The molecule has 0 aromatic heterocycles. The fourth-order valence-electron chi connectivity index (χ4n) is 0.851. The summed E-state index contributed by atoms with van der Waals surface area (Å²) in [6.07, 6.45) is 1.18. The highest BCUT2D eigenvalue weighted by Gasteiger charge is 2.28. The molecule has 0 unspecified atom stereocenters. The van der Waals surface area contributed by atoms with Gasteiger partial charge in [0.15, 0.2) is 0 Å². The standard InChI is InChI=1S/C7H8N2O3.ClH/c1-4-3-6(11)9(7(4)12)8-5(2)10;/h3H,1-2H3,(H,8,10);1H. The number of rotatable bonds is 1. The zero-order valence-corrected chi connectivity index (χ0v) is 7.97. The minimum absolute atomic E-state index is 0. The lowest BCUT2D eigenvalue weighted by atomic mass is 10.3. The van der Waals surface area contributed by atoms with Crippen molar-refractivity contribution in [2.45, 2.75) is 13.8 Å². The molecule has 0 aromatic rings. The lowest BCUT2D eigenvalue weighted by Crippen LogP contribution is -2.45.